The van der Waals surface area contributed by atoms with Crippen LogP contribution in [0.15, 0.2) is 18.3 Å². The largest absolute Gasteiger partial charge is 0.507 e. The number of anilines is 1. The number of hydrogen-bond acceptors (Lipinski definition) is 3. The number of nitrogens with two attached hydrogens (primary N) is 1. The molecule has 6 heteroatoms. The van der Waals surface area contributed by atoms with Gasteiger partial charge in [-0.15, -0.1) is 0 Å². The predicted octanol–water partition coefficient (Wildman–Crippen LogP) is 2.17. The molecule has 3 N–H and O–H groups in total. The summed E-state index contributed by atoms with van der Waals surface area (Å²) in [6.07, 6.45) is 1.38. The average molecular weight is 242 g/mol. The molecule has 84 valence electrons. The lowest BCUT2D eigenvalue weighted by Gasteiger charge is -2.06. The van der Waals surface area contributed by atoms with Gasteiger partial charge in [-0.3, -0.25) is 4.68 Å². The van der Waals surface area contributed by atoms with Gasteiger partial charge in [-0.2, -0.15) is 5.10 Å². The highest BCUT2D eigenvalue weighted by atomic mass is 35.5. The van der Waals surface area contributed by atoms with Crippen LogP contribution >= 0.6 is 11.6 Å². The number of nitrogen functional groups attached to an aromatic ring is 1. The molecule has 0 saturated carbocycles. The molecule has 0 aliphatic rings. The number of aromatic nitrogens is 2. The fourth-order valence-corrected chi connectivity index (χ4v) is 1.59. The smallest absolute Gasteiger partial charge is 0.153 e. The molecule has 4 nitrogen and oxygen atoms in total. The molecule has 16 heavy (non-hydrogen) atoms. The van der Waals surface area contributed by atoms with E-state index < -0.39 is 5.82 Å². The van der Waals surface area contributed by atoms with Crippen molar-refractivity contribution in [3.8, 4) is 16.9 Å². The number of hydrogen-bond donors (Lipinski definition) is 2. The normalized spacial score (nSPS) is 10.7. The van der Waals surface area contributed by atoms with Gasteiger partial charge < -0.3 is 10.8 Å². The number of phenols is 1. The standard InChI is InChI=1S/C10H9ClFN3O/c1-15-10(13)5(4-14-15)8-7(16)3-2-6(11)9(8)12/h2-4,16H,13H2,1H3. The number of aryl methyl sites for hydroxylation is 1. The van der Waals surface area contributed by atoms with Crippen LogP contribution in [0.25, 0.3) is 11.1 Å². The molecular weight excluding hydrogens is 233 g/mol. The molecular formula is C10H9ClFN3O. The molecule has 0 fully saturated rings. The van der Waals surface area contributed by atoms with E-state index in [0.29, 0.717) is 5.56 Å². The van der Waals surface area contributed by atoms with Gasteiger partial charge >= 0.3 is 0 Å². The summed E-state index contributed by atoms with van der Waals surface area (Å²) < 4.78 is 15.1. The molecule has 0 radical (unpaired) electrons. The van der Waals surface area contributed by atoms with Gasteiger partial charge in [-0.25, -0.2) is 4.39 Å². The third-order valence-corrected chi connectivity index (χ3v) is 2.62. The Morgan fingerprint density at radius 2 is 2.19 bits per heavy atom. The zero-order chi connectivity index (χ0) is 11.9. The fourth-order valence-electron chi connectivity index (χ4n) is 1.44. The summed E-state index contributed by atoms with van der Waals surface area (Å²) in [7, 11) is 1.62. The highest BCUT2D eigenvalue weighted by molar-refractivity contribution is 6.31. The van der Waals surface area contributed by atoms with Crippen molar-refractivity contribution in [2.24, 2.45) is 7.05 Å². The lowest BCUT2D eigenvalue weighted by atomic mass is 10.1. The van der Waals surface area contributed by atoms with Crippen LogP contribution in [0.5, 0.6) is 5.75 Å². The first-order valence-electron chi connectivity index (χ1n) is 4.47. The van der Waals surface area contributed by atoms with Gasteiger partial charge in [0, 0.05) is 7.05 Å². The average Bonchev–Trinajstić information content (AvgIpc) is 2.56. The van der Waals surface area contributed by atoms with E-state index in [9.17, 15) is 9.50 Å². The Morgan fingerprint density at radius 3 is 2.75 bits per heavy atom. The molecule has 0 saturated heterocycles. The summed E-state index contributed by atoms with van der Waals surface area (Å²) in [5, 5.41) is 13.4. The maximum absolute atomic E-state index is 13.8. The van der Waals surface area contributed by atoms with Crippen molar-refractivity contribution in [1.29, 1.82) is 0 Å². The van der Waals surface area contributed by atoms with Crippen molar-refractivity contribution >= 4 is 17.4 Å². The van der Waals surface area contributed by atoms with E-state index in [4.69, 9.17) is 17.3 Å². The van der Waals surface area contributed by atoms with Crippen LogP contribution in [-0.2, 0) is 7.05 Å². The molecule has 2 rings (SSSR count). The van der Waals surface area contributed by atoms with E-state index in [2.05, 4.69) is 5.10 Å². The second kappa shape index (κ2) is 3.68. The van der Waals surface area contributed by atoms with Crippen molar-refractivity contribution in [1.82, 2.24) is 9.78 Å². The Labute approximate surface area is 96.1 Å². The van der Waals surface area contributed by atoms with Crippen molar-refractivity contribution in [3.63, 3.8) is 0 Å². The summed E-state index contributed by atoms with van der Waals surface area (Å²) in [5.41, 5.74) is 5.99. The minimum atomic E-state index is -0.707. The third-order valence-electron chi connectivity index (χ3n) is 2.33. The van der Waals surface area contributed by atoms with Gasteiger partial charge in [0.2, 0.25) is 0 Å². The molecule has 0 amide bonds. The SMILES string of the molecule is Cn1ncc(-c2c(O)ccc(Cl)c2F)c1N. The maximum atomic E-state index is 13.8. The van der Waals surface area contributed by atoms with Crippen LogP contribution in [0.1, 0.15) is 0 Å². The van der Waals surface area contributed by atoms with E-state index >= 15 is 0 Å². The number of phenolic OH excluding ortho intramolecular Hbond substituents is 1. The second-order valence-electron chi connectivity index (χ2n) is 3.32. The highest BCUT2D eigenvalue weighted by Gasteiger charge is 2.18. The maximum Gasteiger partial charge on any atom is 0.153 e. The Morgan fingerprint density at radius 1 is 1.50 bits per heavy atom. The molecule has 1 heterocycles. The van der Waals surface area contributed by atoms with Gasteiger partial charge in [-0.05, 0) is 12.1 Å². The monoisotopic (exact) mass is 241 g/mol. The molecule has 1 aromatic heterocycles. The number of halogens is 2. The van der Waals surface area contributed by atoms with Gasteiger partial charge in [-0.1, -0.05) is 11.6 Å². The van der Waals surface area contributed by atoms with E-state index in [1.165, 1.54) is 23.0 Å². The van der Waals surface area contributed by atoms with Crippen LogP contribution in [0.3, 0.4) is 0 Å². The van der Waals surface area contributed by atoms with Gasteiger partial charge in [0.05, 0.1) is 22.3 Å². The van der Waals surface area contributed by atoms with E-state index in [1.54, 1.807) is 7.05 Å². The molecule has 0 atom stereocenters. The Hall–Kier alpha value is -1.75. The van der Waals surface area contributed by atoms with Crippen LogP contribution in [0, 0.1) is 5.82 Å². The lowest BCUT2D eigenvalue weighted by molar-refractivity contribution is 0.472. The summed E-state index contributed by atoms with van der Waals surface area (Å²) in [6.45, 7) is 0. The van der Waals surface area contributed by atoms with Crippen LogP contribution in [0.4, 0.5) is 10.2 Å². The Balaban J connectivity index is 2.73. The minimum absolute atomic E-state index is 0.0295. The molecule has 0 unspecified atom stereocenters. The first-order chi connectivity index (χ1) is 7.52. The zero-order valence-electron chi connectivity index (χ0n) is 8.41. The lowest BCUT2D eigenvalue weighted by Crippen LogP contribution is -1.98. The molecule has 0 aliphatic carbocycles. The number of benzene rings is 1. The number of rotatable bonds is 1. The first-order valence-corrected chi connectivity index (χ1v) is 4.85. The summed E-state index contributed by atoms with van der Waals surface area (Å²) in [4.78, 5) is 0. The van der Waals surface area contributed by atoms with Crippen LogP contribution in [-0.4, -0.2) is 14.9 Å². The molecule has 2 aromatic rings. The van der Waals surface area contributed by atoms with Crippen molar-refractivity contribution < 1.29 is 9.50 Å². The summed E-state index contributed by atoms with van der Waals surface area (Å²) in [6, 6.07) is 2.59. The molecule has 0 spiro atoms. The quantitative estimate of drug-likeness (QED) is 0.804. The fraction of sp³-hybridized carbons (Fsp3) is 0.100. The molecule has 0 aliphatic heterocycles. The van der Waals surface area contributed by atoms with E-state index in [0.717, 1.165) is 0 Å². The number of nitrogens with zero attached hydrogens (tertiary/aromatic N) is 2. The molecule has 0 bridgehead atoms. The predicted molar refractivity (Wildman–Crippen MR) is 59.7 cm³/mol. The topological polar surface area (TPSA) is 64.1 Å². The Bertz CT molecular complexity index is 553. The van der Waals surface area contributed by atoms with Crippen molar-refractivity contribution in [3.05, 3.63) is 29.2 Å². The van der Waals surface area contributed by atoms with Gasteiger partial charge in [0.1, 0.15) is 11.6 Å². The highest BCUT2D eigenvalue weighted by Crippen LogP contribution is 2.37. The summed E-state index contributed by atoms with van der Waals surface area (Å²) >= 11 is 5.64. The van der Waals surface area contributed by atoms with Crippen LogP contribution < -0.4 is 5.73 Å². The van der Waals surface area contributed by atoms with Crippen LogP contribution in [0.2, 0.25) is 5.02 Å². The number of aromatic hydroxyl groups is 1. The van der Waals surface area contributed by atoms with E-state index in [-0.39, 0.29) is 22.2 Å². The van der Waals surface area contributed by atoms with Gasteiger partial charge in [0.15, 0.2) is 5.82 Å². The van der Waals surface area contributed by atoms with Gasteiger partial charge in [0.25, 0.3) is 0 Å². The minimum Gasteiger partial charge on any atom is -0.507 e. The Kier molecular flexibility index (Phi) is 2.47. The van der Waals surface area contributed by atoms with Crippen molar-refractivity contribution in [2.45, 2.75) is 0 Å². The molecule has 1 aromatic carbocycles. The second-order valence-corrected chi connectivity index (χ2v) is 3.73. The summed E-state index contributed by atoms with van der Waals surface area (Å²) in [5.74, 6) is -0.667. The first kappa shape index (κ1) is 10.8. The van der Waals surface area contributed by atoms with Crippen molar-refractivity contribution in [2.75, 3.05) is 5.73 Å². The third kappa shape index (κ3) is 1.49. The zero-order valence-corrected chi connectivity index (χ0v) is 9.16. The van der Waals surface area contributed by atoms with E-state index in [1.807, 2.05) is 0 Å².